The van der Waals surface area contributed by atoms with Crippen molar-refractivity contribution in [1.29, 1.82) is 0 Å². The van der Waals surface area contributed by atoms with E-state index in [1.165, 1.54) is 0 Å². The minimum absolute atomic E-state index is 0.119. The van der Waals surface area contributed by atoms with Gasteiger partial charge in [-0.3, -0.25) is 14.5 Å². The maximum atomic E-state index is 12.5. The fraction of sp³-hybridized carbons (Fsp3) is 0.625. The largest absolute Gasteiger partial charge is 0.369 e. The molecule has 2 fully saturated rings. The predicted octanol–water partition coefficient (Wildman–Crippen LogP) is -0.677. The van der Waals surface area contributed by atoms with Crippen LogP contribution in [0.5, 0.6) is 0 Å². The summed E-state index contributed by atoms with van der Waals surface area (Å²) in [5.74, 6) is 0.445. The molecule has 0 aliphatic carbocycles. The van der Waals surface area contributed by atoms with Crippen LogP contribution in [0.4, 0.5) is 5.95 Å². The first-order chi connectivity index (χ1) is 11.6. The van der Waals surface area contributed by atoms with E-state index in [0.29, 0.717) is 32.1 Å². The van der Waals surface area contributed by atoms with Crippen LogP contribution in [0, 0.1) is 5.92 Å². The average Bonchev–Trinajstić information content (AvgIpc) is 2.63. The number of aromatic nitrogens is 2. The molecule has 2 N–H and O–H groups in total. The van der Waals surface area contributed by atoms with Gasteiger partial charge in [0.1, 0.15) is 0 Å². The zero-order valence-electron chi connectivity index (χ0n) is 13.8. The molecule has 1 atom stereocenters. The summed E-state index contributed by atoms with van der Waals surface area (Å²) in [4.78, 5) is 38.4. The van der Waals surface area contributed by atoms with Gasteiger partial charge in [-0.25, -0.2) is 9.97 Å². The Balaban J connectivity index is 1.48. The lowest BCUT2D eigenvalue weighted by molar-refractivity contribution is -0.134. The van der Waals surface area contributed by atoms with Crippen molar-refractivity contribution < 1.29 is 9.59 Å². The van der Waals surface area contributed by atoms with E-state index in [1.54, 1.807) is 18.5 Å². The van der Waals surface area contributed by atoms with Crippen molar-refractivity contribution in [1.82, 2.24) is 19.8 Å². The Kier molecular flexibility index (Phi) is 5.24. The molecule has 2 aliphatic rings. The summed E-state index contributed by atoms with van der Waals surface area (Å²) in [6.07, 6.45) is 5.20. The highest BCUT2D eigenvalue weighted by molar-refractivity contribution is 5.79. The van der Waals surface area contributed by atoms with Crippen molar-refractivity contribution in [2.45, 2.75) is 12.8 Å². The summed E-state index contributed by atoms with van der Waals surface area (Å²) in [5.41, 5.74) is 5.40. The maximum absolute atomic E-state index is 12.5. The minimum atomic E-state index is -0.261. The molecule has 8 nitrogen and oxygen atoms in total. The van der Waals surface area contributed by atoms with E-state index in [2.05, 4.69) is 14.9 Å². The number of hydrogen-bond donors (Lipinski definition) is 1. The Morgan fingerprint density at radius 3 is 2.50 bits per heavy atom. The number of nitrogens with two attached hydrogens (primary N) is 1. The fourth-order valence-electron chi connectivity index (χ4n) is 3.33. The molecular weight excluding hydrogens is 308 g/mol. The second kappa shape index (κ2) is 7.57. The molecule has 2 amide bonds. The summed E-state index contributed by atoms with van der Waals surface area (Å²) < 4.78 is 0. The summed E-state index contributed by atoms with van der Waals surface area (Å²) in [7, 11) is 0. The quantitative estimate of drug-likeness (QED) is 0.785. The van der Waals surface area contributed by atoms with Crippen LogP contribution in [0.1, 0.15) is 12.8 Å². The molecule has 3 rings (SSSR count). The van der Waals surface area contributed by atoms with Gasteiger partial charge < -0.3 is 15.5 Å². The molecule has 2 aliphatic heterocycles. The maximum Gasteiger partial charge on any atom is 0.236 e. The normalized spacial score (nSPS) is 22.4. The number of primary amides is 1. The van der Waals surface area contributed by atoms with Crippen molar-refractivity contribution >= 4 is 17.8 Å². The molecule has 24 heavy (non-hydrogen) atoms. The first kappa shape index (κ1) is 16.6. The van der Waals surface area contributed by atoms with Crippen LogP contribution in [-0.4, -0.2) is 77.4 Å². The summed E-state index contributed by atoms with van der Waals surface area (Å²) in [5, 5.41) is 0. The molecule has 0 saturated carbocycles. The number of hydrogen-bond acceptors (Lipinski definition) is 6. The van der Waals surface area contributed by atoms with Crippen LogP contribution in [0.3, 0.4) is 0 Å². The first-order valence-corrected chi connectivity index (χ1v) is 8.45. The Hall–Kier alpha value is -2.22. The van der Waals surface area contributed by atoms with Crippen LogP contribution in [0.25, 0.3) is 0 Å². The molecule has 0 unspecified atom stereocenters. The van der Waals surface area contributed by atoms with Crippen LogP contribution in [-0.2, 0) is 9.59 Å². The smallest absolute Gasteiger partial charge is 0.236 e. The van der Waals surface area contributed by atoms with Crippen molar-refractivity contribution in [3.63, 3.8) is 0 Å². The number of carbonyl (C=O) groups excluding carboxylic acids is 2. The number of anilines is 1. The van der Waals surface area contributed by atoms with Crippen molar-refractivity contribution in [3.8, 4) is 0 Å². The standard InChI is InChI=1S/C16H24N6O2/c17-15(24)13-3-1-6-20(11-13)12-14(23)21-7-9-22(10-8-21)16-18-4-2-5-19-16/h2,4-5,13H,1,3,6-12H2,(H2,17,24)/t13-/m1/s1. The van der Waals surface area contributed by atoms with E-state index in [4.69, 9.17) is 5.73 Å². The SMILES string of the molecule is NC(=O)[C@@H]1CCCN(CC(=O)N2CCN(c3ncccn3)CC2)C1. The van der Waals surface area contributed by atoms with E-state index >= 15 is 0 Å². The highest BCUT2D eigenvalue weighted by Gasteiger charge is 2.28. The predicted molar refractivity (Wildman–Crippen MR) is 89.2 cm³/mol. The van der Waals surface area contributed by atoms with Gasteiger partial charge in [-0.15, -0.1) is 0 Å². The van der Waals surface area contributed by atoms with Gasteiger partial charge >= 0.3 is 0 Å². The number of nitrogens with zero attached hydrogens (tertiary/aromatic N) is 5. The topological polar surface area (TPSA) is 95.7 Å². The molecule has 8 heteroatoms. The molecule has 3 heterocycles. The lowest BCUT2D eigenvalue weighted by atomic mass is 9.97. The van der Waals surface area contributed by atoms with E-state index < -0.39 is 0 Å². The number of amides is 2. The van der Waals surface area contributed by atoms with Gasteiger partial charge in [0.25, 0.3) is 0 Å². The third-order valence-electron chi connectivity index (χ3n) is 4.73. The second-order valence-electron chi connectivity index (χ2n) is 6.39. The van der Waals surface area contributed by atoms with Crippen molar-refractivity contribution in [2.24, 2.45) is 11.7 Å². The Bertz CT molecular complexity index is 573. The van der Waals surface area contributed by atoms with E-state index in [-0.39, 0.29) is 17.7 Å². The summed E-state index contributed by atoms with van der Waals surface area (Å²) in [6, 6.07) is 1.79. The number of piperazine rings is 1. The fourth-order valence-corrected chi connectivity index (χ4v) is 3.33. The molecule has 1 aromatic rings. The zero-order chi connectivity index (χ0) is 16.9. The van der Waals surface area contributed by atoms with Gasteiger partial charge in [0.05, 0.1) is 12.5 Å². The molecular formula is C16H24N6O2. The van der Waals surface area contributed by atoms with Gasteiger partial charge in [0, 0.05) is 45.1 Å². The first-order valence-electron chi connectivity index (χ1n) is 8.45. The van der Waals surface area contributed by atoms with Gasteiger partial charge in [-0.05, 0) is 25.5 Å². The van der Waals surface area contributed by atoms with Gasteiger partial charge in [-0.1, -0.05) is 0 Å². The monoisotopic (exact) mass is 332 g/mol. The highest BCUT2D eigenvalue weighted by atomic mass is 16.2. The lowest BCUT2D eigenvalue weighted by Crippen LogP contribution is -2.52. The van der Waals surface area contributed by atoms with Crippen LogP contribution in [0.15, 0.2) is 18.5 Å². The Morgan fingerprint density at radius 2 is 1.83 bits per heavy atom. The molecule has 0 aromatic carbocycles. The van der Waals surface area contributed by atoms with Crippen molar-refractivity contribution in [2.75, 3.05) is 50.7 Å². The molecule has 130 valence electrons. The molecule has 0 radical (unpaired) electrons. The Labute approximate surface area is 141 Å². The second-order valence-corrected chi connectivity index (χ2v) is 6.39. The van der Waals surface area contributed by atoms with Gasteiger partial charge in [-0.2, -0.15) is 0 Å². The van der Waals surface area contributed by atoms with Crippen LogP contribution in [0.2, 0.25) is 0 Å². The third-order valence-corrected chi connectivity index (χ3v) is 4.73. The van der Waals surface area contributed by atoms with Gasteiger partial charge in [0.2, 0.25) is 17.8 Å². The molecule has 1 aromatic heterocycles. The minimum Gasteiger partial charge on any atom is -0.369 e. The molecule has 0 bridgehead atoms. The highest BCUT2D eigenvalue weighted by Crippen LogP contribution is 2.16. The zero-order valence-corrected chi connectivity index (χ0v) is 13.8. The van der Waals surface area contributed by atoms with Crippen LogP contribution >= 0.6 is 0 Å². The summed E-state index contributed by atoms with van der Waals surface area (Å²) >= 11 is 0. The summed E-state index contributed by atoms with van der Waals surface area (Å²) in [6.45, 7) is 4.63. The number of carbonyl (C=O) groups is 2. The molecule has 2 saturated heterocycles. The number of likely N-dealkylation sites (tertiary alicyclic amines) is 1. The molecule has 0 spiro atoms. The average molecular weight is 332 g/mol. The lowest BCUT2D eigenvalue weighted by Gasteiger charge is -2.37. The van der Waals surface area contributed by atoms with Gasteiger partial charge in [0.15, 0.2) is 0 Å². The third kappa shape index (κ3) is 4.00. The number of piperidine rings is 1. The van der Waals surface area contributed by atoms with E-state index in [0.717, 1.165) is 32.5 Å². The van der Waals surface area contributed by atoms with E-state index in [9.17, 15) is 9.59 Å². The van der Waals surface area contributed by atoms with Crippen LogP contribution < -0.4 is 10.6 Å². The Morgan fingerprint density at radius 1 is 1.12 bits per heavy atom. The number of rotatable bonds is 4. The van der Waals surface area contributed by atoms with E-state index in [1.807, 2.05) is 9.80 Å². The van der Waals surface area contributed by atoms with Crippen molar-refractivity contribution in [3.05, 3.63) is 18.5 Å².